The molecule has 2 aromatic carbocycles. The lowest BCUT2D eigenvalue weighted by atomic mass is 9.97. The SMILES string of the molecule is Cc1ccc(OCC(=O)Nc2ccc3c(c2)C(=O)N2CCCCC2CCO3)cc1. The second-order valence-corrected chi connectivity index (χ2v) is 7.65. The highest BCUT2D eigenvalue weighted by atomic mass is 16.5. The van der Waals surface area contributed by atoms with Crippen molar-refractivity contribution in [3.8, 4) is 11.5 Å². The minimum atomic E-state index is -0.277. The van der Waals surface area contributed by atoms with Gasteiger partial charge in [0.1, 0.15) is 11.5 Å². The number of aryl methyl sites for hydroxylation is 1. The summed E-state index contributed by atoms with van der Waals surface area (Å²) in [5.74, 6) is 0.925. The minimum Gasteiger partial charge on any atom is -0.493 e. The average molecular weight is 394 g/mol. The maximum atomic E-state index is 13.1. The lowest BCUT2D eigenvalue weighted by Gasteiger charge is -2.37. The van der Waals surface area contributed by atoms with Gasteiger partial charge >= 0.3 is 0 Å². The quantitative estimate of drug-likeness (QED) is 0.857. The maximum Gasteiger partial charge on any atom is 0.262 e. The number of carbonyl (C=O) groups excluding carboxylic acids is 2. The van der Waals surface area contributed by atoms with Gasteiger partial charge in [0.05, 0.1) is 12.2 Å². The highest BCUT2D eigenvalue weighted by molar-refractivity contribution is 6.00. The second kappa shape index (κ2) is 8.55. The van der Waals surface area contributed by atoms with Gasteiger partial charge in [-0.3, -0.25) is 9.59 Å². The Morgan fingerprint density at radius 1 is 1.17 bits per heavy atom. The number of carbonyl (C=O) groups is 2. The first kappa shape index (κ1) is 19.3. The molecule has 1 fully saturated rings. The number of fused-ring (bicyclic) bond motifs is 2. The number of rotatable bonds is 4. The monoisotopic (exact) mass is 394 g/mol. The molecule has 2 aliphatic heterocycles. The van der Waals surface area contributed by atoms with Gasteiger partial charge in [-0.25, -0.2) is 0 Å². The van der Waals surface area contributed by atoms with Gasteiger partial charge in [0.25, 0.3) is 11.8 Å². The molecule has 0 radical (unpaired) electrons. The van der Waals surface area contributed by atoms with Crippen LogP contribution >= 0.6 is 0 Å². The van der Waals surface area contributed by atoms with E-state index in [0.29, 0.717) is 29.4 Å². The fraction of sp³-hybridized carbons (Fsp3) is 0.391. The van der Waals surface area contributed by atoms with Crippen LogP contribution in [-0.4, -0.2) is 42.5 Å². The highest BCUT2D eigenvalue weighted by Gasteiger charge is 2.31. The topological polar surface area (TPSA) is 67.9 Å². The molecule has 1 unspecified atom stereocenters. The summed E-state index contributed by atoms with van der Waals surface area (Å²) in [5, 5.41) is 2.81. The third kappa shape index (κ3) is 4.53. The van der Waals surface area contributed by atoms with Crippen LogP contribution in [0.5, 0.6) is 11.5 Å². The Labute approximate surface area is 170 Å². The predicted octanol–water partition coefficient (Wildman–Crippen LogP) is 3.79. The van der Waals surface area contributed by atoms with Gasteiger partial charge in [-0.15, -0.1) is 0 Å². The Hall–Kier alpha value is -3.02. The van der Waals surface area contributed by atoms with Crippen molar-refractivity contribution in [1.82, 2.24) is 4.90 Å². The third-order valence-electron chi connectivity index (χ3n) is 5.48. The van der Waals surface area contributed by atoms with E-state index in [2.05, 4.69) is 5.32 Å². The Bertz CT molecular complexity index is 894. The van der Waals surface area contributed by atoms with Crippen LogP contribution in [-0.2, 0) is 4.79 Å². The predicted molar refractivity (Wildman–Crippen MR) is 111 cm³/mol. The van der Waals surface area contributed by atoms with Gasteiger partial charge < -0.3 is 19.7 Å². The van der Waals surface area contributed by atoms with Gasteiger partial charge in [-0.2, -0.15) is 0 Å². The molecule has 6 nitrogen and oxygen atoms in total. The molecular formula is C23H26N2O4. The first-order valence-electron chi connectivity index (χ1n) is 10.2. The van der Waals surface area contributed by atoms with Crippen LogP contribution in [0.25, 0.3) is 0 Å². The van der Waals surface area contributed by atoms with Crippen molar-refractivity contribution in [2.24, 2.45) is 0 Å². The van der Waals surface area contributed by atoms with Crippen molar-refractivity contribution in [2.45, 2.75) is 38.6 Å². The third-order valence-corrected chi connectivity index (χ3v) is 5.48. The van der Waals surface area contributed by atoms with Crippen molar-refractivity contribution in [3.63, 3.8) is 0 Å². The van der Waals surface area contributed by atoms with E-state index in [0.717, 1.165) is 37.8 Å². The standard InChI is InChI=1S/C23H26N2O4/c1-16-5-8-19(9-6-16)29-15-22(26)24-17-7-10-21-20(14-17)23(27)25-12-3-2-4-18(25)11-13-28-21/h5-10,14,18H,2-4,11-13,15H2,1H3,(H,24,26). The molecule has 6 heteroatoms. The molecule has 1 atom stereocenters. The Balaban J connectivity index is 1.44. The van der Waals surface area contributed by atoms with Crippen molar-refractivity contribution in [3.05, 3.63) is 53.6 Å². The summed E-state index contributed by atoms with van der Waals surface area (Å²) < 4.78 is 11.4. The van der Waals surface area contributed by atoms with Crippen molar-refractivity contribution < 1.29 is 19.1 Å². The Kier molecular flexibility index (Phi) is 5.69. The average Bonchev–Trinajstić information content (AvgIpc) is 2.73. The largest absolute Gasteiger partial charge is 0.493 e. The summed E-state index contributed by atoms with van der Waals surface area (Å²) in [5.41, 5.74) is 2.20. The molecule has 0 saturated carbocycles. The zero-order valence-electron chi connectivity index (χ0n) is 16.6. The summed E-state index contributed by atoms with van der Waals surface area (Å²) in [6.45, 7) is 3.27. The molecule has 152 valence electrons. The first-order valence-corrected chi connectivity index (χ1v) is 10.2. The lowest BCUT2D eigenvalue weighted by Crippen LogP contribution is -2.45. The lowest BCUT2D eigenvalue weighted by molar-refractivity contribution is -0.118. The van der Waals surface area contributed by atoms with E-state index in [1.807, 2.05) is 36.1 Å². The first-order chi connectivity index (χ1) is 14.1. The number of ether oxygens (including phenoxy) is 2. The number of anilines is 1. The van der Waals surface area contributed by atoms with Crippen LogP contribution in [0.4, 0.5) is 5.69 Å². The zero-order chi connectivity index (χ0) is 20.2. The van der Waals surface area contributed by atoms with Crippen LogP contribution in [0.15, 0.2) is 42.5 Å². The number of benzene rings is 2. The molecule has 2 aromatic rings. The van der Waals surface area contributed by atoms with Crippen LogP contribution in [0.3, 0.4) is 0 Å². The zero-order valence-corrected chi connectivity index (χ0v) is 16.6. The van der Waals surface area contributed by atoms with Gasteiger partial charge in [-0.05, 0) is 56.5 Å². The molecule has 2 heterocycles. The number of hydrogen-bond acceptors (Lipinski definition) is 4. The van der Waals surface area contributed by atoms with Crippen molar-refractivity contribution >= 4 is 17.5 Å². The molecule has 0 aromatic heterocycles. The van der Waals surface area contributed by atoms with E-state index in [4.69, 9.17) is 9.47 Å². The number of hydrogen-bond donors (Lipinski definition) is 1. The van der Waals surface area contributed by atoms with E-state index < -0.39 is 0 Å². The molecule has 0 spiro atoms. The summed E-state index contributed by atoms with van der Waals surface area (Å²) >= 11 is 0. The summed E-state index contributed by atoms with van der Waals surface area (Å²) in [4.78, 5) is 27.4. The normalized spacial score (nSPS) is 18.6. The number of nitrogens with one attached hydrogen (secondary N) is 1. The fourth-order valence-electron chi connectivity index (χ4n) is 3.91. The van der Waals surface area contributed by atoms with Crippen LogP contribution in [0, 0.1) is 6.92 Å². The van der Waals surface area contributed by atoms with E-state index in [9.17, 15) is 9.59 Å². The van der Waals surface area contributed by atoms with Crippen LogP contribution in [0.1, 0.15) is 41.6 Å². The van der Waals surface area contributed by atoms with E-state index in [1.54, 1.807) is 18.2 Å². The Morgan fingerprint density at radius 3 is 2.83 bits per heavy atom. The minimum absolute atomic E-state index is 0.0172. The molecule has 4 rings (SSSR count). The van der Waals surface area contributed by atoms with Crippen LogP contribution < -0.4 is 14.8 Å². The van der Waals surface area contributed by atoms with Gasteiger partial charge in [0.15, 0.2) is 6.61 Å². The van der Waals surface area contributed by atoms with E-state index in [-0.39, 0.29) is 24.5 Å². The van der Waals surface area contributed by atoms with Crippen molar-refractivity contribution in [2.75, 3.05) is 25.1 Å². The van der Waals surface area contributed by atoms with E-state index >= 15 is 0 Å². The summed E-state index contributed by atoms with van der Waals surface area (Å²) in [6.07, 6.45) is 4.07. The van der Waals surface area contributed by atoms with E-state index in [1.165, 1.54) is 0 Å². The second-order valence-electron chi connectivity index (χ2n) is 7.65. The van der Waals surface area contributed by atoms with Gasteiger partial charge in [-0.1, -0.05) is 17.7 Å². The number of piperidine rings is 1. The molecular weight excluding hydrogens is 368 g/mol. The highest BCUT2D eigenvalue weighted by Crippen LogP contribution is 2.30. The van der Waals surface area contributed by atoms with Gasteiger partial charge in [0.2, 0.25) is 0 Å². The van der Waals surface area contributed by atoms with Crippen molar-refractivity contribution in [1.29, 1.82) is 0 Å². The molecule has 29 heavy (non-hydrogen) atoms. The summed E-state index contributed by atoms with van der Waals surface area (Å²) in [7, 11) is 0. The Morgan fingerprint density at radius 2 is 2.00 bits per heavy atom. The molecule has 1 saturated heterocycles. The molecule has 0 bridgehead atoms. The molecule has 0 aliphatic carbocycles. The van der Waals surface area contributed by atoms with Crippen LogP contribution in [0.2, 0.25) is 0 Å². The number of amides is 2. The molecule has 2 aliphatic rings. The van der Waals surface area contributed by atoms with Gasteiger partial charge in [0, 0.05) is 24.7 Å². The maximum absolute atomic E-state index is 13.1. The molecule has 1 N–H and O–H groups in total. The summed E-state index contributed by atoms with van der Waals surface area (Å²) in [6, 6.07) is 13.0. The smallest absolute Gasteiger partial charge is 0.262 e. The molecule has 2 amide bonds. The number of nitrogens with zero attached hydrogens (tertiary/aromatic N) is 1. The fourth-order valence-corrected chi connectivity index (χ4v) is 3.91.